The summed E-state index contributed by atoms with van der Waals surface area (Å²) in [4.78, 5) is 3.76. The Bertz CT molecular complexity index is 2250. The van der Waals surface area contributed by atoms with Gasteiger partial charge in [-0.05, 0) is 89.6 Å². The van der Waals surface area contributed by atoms with Crippen LogP contribution in [0.1, 0.15) is 54.8 Å². The molecule has 0 N–H and O–H groups in total. The van der Waals surface area contributed by atoms with Gasteiger partial charge in [-0.2, -0.15) is 4.57 Å². The fourth-order valence-corrected chi connectivity index (χ4v) is 9.97. The summed E-state index contributed by atoms with van der Waals surface area (Å²) in [6.07, 6.45) is 9.21. The Morgan fingerprint density at radius 2 is 1.69 bits per heavy atom. The van der Waals surface area contributed by atoms with Crippen molar-refractivity contribution in [2.24, 2.45) is 5.41 Å². The average molecular weight is 693 g/mol. The first kappa shape index (κ1) is 32.8. The summed E-state index contributed by atoms with van der Waals surface area (Å²) in [7, 11) is -4.29. The second-order valence-corrected chi connectivity index (χ2v) is 17.5. The predicted octanol–water partition coefficient (Wildman–Crippen LogP) is 9.68. The van der Waals surface area contributed by atoms with Gasteiger partial charge in [0.15, 0.2) is 6.54 Å². The second kappa shape index (κ2) is 13.0. The van der Waals surface area contributed by atoms with Crippen molar-refractivity contribution in [1.82, 2.24) is 0 Å². The van der Waals surface area contributed by atoms with Crippen LogP contribution in [0.2, 0.25) is 0 Å². The van der Waals surface area contributed by atoms with E-state index >= 15 is 0 Å². The highest BCUT2D eigenvalue weighted by molar-refractivity contribution is 8.03. The molecule has 5 nitrogen and oxygen atoms in total. The van der Waals surface area contributed by atoms with Crippen molar-refractivity contribution in [3.63, 3.8) is 0 Å². The maximum Gasteiger partial charge on any atom is 0.263 e. The van der Waals surface area contributed by atoms with Crippen LogP contribution in [-0.2, 0) is 23.2 Å². The molecular weight excluding hydrogens is 653 g/mol. The number of hydrogen-bond donors (Lipinski definition) is 0. The summed E-state index contributed by atoms with van der Waals surface area (Å²) in [5, 5.41) is 4.67. The third-order valence-corrected chi connectivity index (χ3v) is 12.3. The Hall–Kier alpha value is -3.69. The highest BCUT2D eigenvalue weighted by Crippen LogP contribution is 2.49. The molecule has 246 valence electrons. The number of anilines is 1. The van der Waals surface area contributed by atoms with E-state index in [1.807, 2.05) is 17.8 Å². The molecule has 0 unspecified atom stereocenters. The molecule has 5 aromatic rings. The van der Waals surface area contributed by atoms with Crippen molar-refractivity contribution >= 4 is 66.0 Å². The molecule has 48 heavy (non-hydrogen) atoms. The molecule has 0 atom stereocenters. The third-order valence-electron chi connectivity index (χ3n) is 9.28. The van der Waals surface area contributed by atoms with Crippen LogP contribution >= 0.6 is 23.1 Å². The number of fused-ring (bicyclic) bond motifs is 4. The van der Waals surface area contributed by atoms with E-state index in [0.29, 0.717) is 6.54 Å². The second-order valence-electron chi connectivity index (χ2n) is 13.9. The lowest BCUT2D eigenvalue weighted by molar-refractivity contribution is -0.668. The van der Waals surface area contributed by atoms with Crippen molar-refractivity contribution in [3.8, 4) is 0 Å². The van der Waals surface area contributed by atoms with Gasteiger partial charge in [0.2, 0.25) is 5.52 Å². The quantitative estimate of drug-likeness (QED) is 0.120. The van der Waals surface area contributed by atoms with Crippen molar-refractivity contribution in [3.05, 3.63) is 129 Å². The van der Waals surface area contributed by atoms with Crippen molar-refractivity contribution < 1.29 is 17.5 Å². The monoisotopic (exact) mass is 692 g/mol. The number of thioether (sulfide) groups is 1. The maximum absolute atomic E-state index is 11.5. The van der Waals surface area contributed by atoms with Gasteiger partial charge in [0.05, 0.1) is 20.8 Å². The molecule has 2 aliphatic rings. The summed E-state index contributed by atoms with van der Waals surface area (Å²) < 4.78 is 37.8. The van der Waals surface area contributed by atoms with Crippen molar-refractivity contribution in [2.45, 2.75) is 64.9 Å². The molecule has 7 rings (SSSR count). The molecule has 1 aromatic heterocycles. The Morgan fingerprint density at radius 1 is 0.938 bits per heavy atom. The fraction of sp³-hybridized carbons (Fsp3) is 0.275. The third kappa shape index (κ3) is 7.03. The Labute approximate surface area is 292 Å². The Morgan fingerprint density at radius 3 is 2.48 bits per heavy atom. The Kier molecular flexibility index (Phi) is 8.87. The molecule has 0 amide bonds. The summed E-state index contributed by atoms with van der Waals surface area (Å²) in [5.74, 6) is -0.371. The number of allylic oxidation sites excluding steroid dienone is 4. The minimum Gasteiger partial charge on any atom is -0.748 e. The number of aryl methyl sites for hydroxylation is 3. The fourth-order valence-electron chi connectivity index (χ4n) is 6.97. The zero-order chi connectivity index (χ0) is 33.6. The molecule has 8 heteroatoms. The molecule has 0 radical (unpaired) electrons. The molecule has 4 aromatic carbocycles. The van der Waals surface area contributed by atoms with Gasteiger partial charge in [-0.3, -0.25) is 0 Å². The zero-order valence-corrected chi connectivity index (χ0v) is 30.3. The average Bonchev–Trinajstić information content (AvgIpc) is 3.53. The number of nitrogens with zero attached hydrogens (tertiary/aromatic N) is 2. The number of thiazole rings is 1. The molecular formula is C40H40N2O3S3. The van der Waals surface area contributed by atoms with Gasteiger partial charge in [0.1, 0.15) is 4.70 Å². The Balaban J connectivity index is 1.30. The van der Waals surface area contributed by atoms with Gasteiger partial charge < -0.3 is 9.45 Å². The van der Waals surface area contributed by atoms with E-state index in [1.165, 1.54) is 58.9 Å². The van der Waals surface area contributed by atoms with Crippen molar-refractivity contribution in [1.29, 1.82) is 0 Å². The van der Waals surface area contributed by atoms with Crippen LogP contribution in [0.25, 0.3) is 27.1 Å². The lowest BCUT2D eigenvalue weighted by Crippen LogP contribution is -2.36. The lowest BCUT2D eigenvalue weighted by Gasteiger charge is -2.31. The maximum atomic E-state index is 11.5. The SMILES string of the molecule is Cc1cc2c(cc1C)N(Cc1ccccc1)/C(=C/C1=CC(=C/c3sc4c5ccccc5ccc4[n+]3CCCS(=O)(=O)[O-])/CC(C)(C)C1)S2. The van der Waals surface area contributed by atoms with E-state index in [9.17, 15) is 13.0 Å². The standard InChI is InChI=1S/C40H40N2O3S3/c1-27-19-35-36(20-28(27)2)46-38(42(35)26-29-11-6-5-7-12-29)23-31-21-30(24-40(3,4)25-31)22-37-41(17-10-18-48(43,44)45)34-16-15-32-13-8-9-14-33(32)39(34)47-37/h5-9,11-16,19-23H,10,17-18,24-26H2,1-4H3. The minimum atomic E-state index is -4.29. The van der Waals surface area contributed by atoms with Crippen LogP contribution in [0.3, 0.4) is 0 Å². The van der Waals surface area contributed by atoms with Crippen LogP contribution < -0.4 is 9.47 Å². The first-order valence-corrected chi connectivity index (χ1v) is 19.6. The highest BCUT2D eigenvalue weighted by Gasteiger charge is 2.30. The van der Waals surface area contributed by atoms with E-state index in [1.54, 1.807) is 11.3 Å². The van der Waals surface area contributed by atoms with Crippen LogP contribution in [0.15, 0.2) is 112 Å². The molecule has 0 saturated carbocycles. The smallest absolute Gasteiger partial charge is 0.263 e. The number of rotatable bonds is 8. The normalized spacial score (nSPS) is 17.9. The van der Waals surface area contributed by atoms with Gasteiger partial charge in [-0.15, -0.1) is 0 Å². The van der Waals surface area contributed by atoms with Crippen LogP contribution in [0.4, 0.5) is 5.69 Å². The topological polar surface area (TPSA) is 64.3 Å². The number of aromatic nitrogens is 1. The van der Waals surface area contributed by atoms with Crippen molar-refractivity contribution in [2.75, 3.05) is 10.7 Å². The summed E-state index contributed by atoms with van der Waals surface area (Å²) in [5.41, 5.74) is 8.83. The first-order valence-electron chi connectivity index (χ1n) is 16.4. The molecule has 0 fully saturated rings. The molecule has 0 saturated heterocycles. The van der Waals surface area contributed by atoms with Gasteiger partial charge in [-0.25, -0.2) is 8.42 Å². The van der Waals surface area contributed by atoms with E-state index in [2.05, 4.69) is 128 Å². The van der Waals surface area contributed by atoms with Crippen LogP contribution in [-0.4, -0.2) is 18.7 Å². The van der Waals surface area contributed by atoms with Gasteiger partial charge in [0.25, 0.3) is 5.01 Å². The number of benzene rings is 4. The van der Waals surface area contributed by atoms with E-state index in [4.69, 9.17) is 0 Å². The number of hydrogen-bond acceptors (Lipinski definition) is 6. The van der Waals surface area contributed by atoms with Crippen LogP contribution in [0.5, 0.6) is 0 Å². The van der Waals surface area contributed by atoms with E-state index in [0.717, 1.165) is 29.9 Å². The highest BCUT2D eigenvalue weighted by atomic mass is 32.2. The van der Waals surface area contributed by atoms with E-state index in [-0.39, 0.29) is 17.6 Å². The molecule has 2 heterocycles. The lowest BCUT2D eigenvalue weighted by atomic mass is 9.75. The summed E-state index contributed by atoms with van der Waals surface area (Å²) >= 11 is 3.59. The molecule has 1 aliphatic carbocycles. The first-order chi connectivity index (χ1) is 22.9. The molecule has 1 aliphatic heterocycles. The molecule has 0 spiro atoms. The zero-order valence-electron chi connectivity index (χ0n) is 27.8. The van der Waals surface area contributed by atoms with Gasteiger partial charge >= 0.3 is 0 Å². The predicted molar refractivity (Wildman–Crippen MR) is 200 cm³/mol. The molecule has 0 bridgehead atoms. The van der Waals surface area contributed by atoms with Crippen LogP contribution in [0, 0.1) is 19.3 Å². The van der Waals surface area contributed by atoms with Gasteiger partial charge in [0, 0.05) is 41.1 Å². The van der Waals surface area contributed by atoms with Gasteiger partial charge in [-0.1, -0.05) is 97.6 Å². The largest absolute Gasteiger partial charge is 0.748 e. The minimum absolute atomic E-state index is 0.0609. The van der Waals surface area contributed by atoms with E-state index < -0.39 is 10.1 Å². The summed E-state index contributed by atoms with van der Waals surface area (Å²) in [6, 6.07) is 27.9. The summed E-state index contributed by atoms with van der Waals surface area (Å²) in [6.45, 7) is 10.3.